The van der Waals surface area contributed by atoms with Gasteiger partial charge in [-0.25, -0.2) is 0 Å². The molecule has 110 valence electrons. The predicted molar refractivity (Wildman–Crippen MR) is 74.8 cm³/mol. The van der Waals surface area contributed by atoms with Crippen LogP contribution in [0, 0.1) is 43.6 Å². The molecular weight excluding hydrogens is 482 g/mol. The second kappa shape index (κ2) is 5.74. The minimum absolute atomic E-state index is 0. The largest absolute Gasteiger partial charge is 0.541 e. The van der Waals surface area contributed by atoms with Crippen LogP contribution in [0.2, 0.25) is 18.1 Å². The van der Waals surface area contributed by atoms with Crippen molar-refractivity contribution in [2.45, 2.75) is 70.6 Å². The van der Waals surface area contributed by atoms with Gasteiger partial charge in [0, 0.05) is 31.1 Å². The van der Waals surface area contributed by atoms with Gasteiger partial charge in [-0.3, -0.25) is 0 Å². The first kappa shape index (κ1) is 18.2. The molecule has 0 aliphatic carbocycles. The van der Waals surface area contributed by atoms with Gasteiger partial charge in [0.2, 0.25) is 0 Å². The Bertz CT molecular complexity index is 317. The molecule has 0 saturated carbocycles. The maximum absolute atomic E-state index is 6.57. The van der Waals surface area contributed by atoms with Crippen molar-refractivity contribution in [3.63, 3.8) is 0 Å². The van der Waals surface area contributed by atoms with Crippen molar-refractivity contribution in [1.82, 2.24) is 0 Å². The Morgan fingerprint density at radius 2 is 1.89 bits per heavy atom. The van der Waals surface area contributed by atoms with Crippen LogP contribution in [0.5, 0.6) is 0 Å². The molecule has 2 aliphatic rings. The Morgan fingerprint density at radius 1 is 1.32 bits per heavy atom. The molecule has 0 aromatic heterocycles. The molecule has 3 atom stereocenters. The number of hydrogen-bond acceptors (Lipinski definition) is 3. The zero-order valence-electron chi connectivity index (χ0n) is 13.2. The van der Waals surface area contributed by atoms with Crippen molar-refractivity contribution >= 4 is 8.32 Å². The van der Waals surface area contributed by atoms with Crippen LogP contribution in [0.4, 0.5) is 0 Å². The van der Waals surface area contributed by atoms with E-state index in [1.807, 2.05) is 6.61 Å². The van der Waals surface area contributed by atoms with Gasteiger partial charge in [-0.2, -0.15) is 6.61 Å². The van der Waals surface area contributed by atoms with Crippen molar-refractivity contribution in [1.29, 1.82) is 0 Å². The molecule has 5 heteroatoms. The molecule has 2 rings (SSSR count). The molecule has 0 aromatic carbocycles. The summed E-state index contributed by atoms with van der Waals surface area (Å²) in [4.78, 5) is 0. The molecule has 2 bridgehead atoms. The van der Waals surface area contributed by atoms with Gasteiger partial charge in [0.05, 0.1) is 18.3 Å². The fraction of sp³-hybridized carbons (Fsp3) is 0.929. The van der Waals surface area contributed by atoms with E-state index in [1.54, 1.807) is 0 Å². The van der Waals surface area contributed by atoms with E-state index in [4.69, 9.17) is 13.9 Å². The summed E-state index contributed by atoms with van der Waals surface area (Å²) >= 11 is 0. The van der Waals surface area contributed by atoms with Gasteiger partial charge < -0.3 is 13.9 Å². The molecule has 19 heavy (non-hydrogen) atoms. The molecule has 0 radical (unpaired) electrons. The van der Waals surface area contributed by atoms with E-state index in [9.17, 15) is 0 Å². The zero-order chi connectivity index (χ0) is 13.8. The zero-order valence-corrected chi connectivity index (χ0v) is 18.4. The van der Waals surface area contributed by atoms with E-state index in [-0.39, 0.29) is 54.0 Å². The second-order valence-corrected chi connectivity index (χ2v) is 12.2. The summed E-state index contributed by atoms with van der Waals surface area (Å²) in [5, 5.41) is 0.215. The summed E-state index contributed by atoms with van der Waals surface area (Å²) in [5.74, 6) is 0.399. The van der Waals surface area contributed by atoms with E-state index in [2.05, 4.69) is 47.7 Å². The average Bonchev–Trinajstić information content (AvgIpc) is 2.72. The van der Waals surface area contributed by atoms with Crippen molar-refractivity contribution in [3.8, 4) is 0 Å². The number of fused-ring (bicyclic) bond motifs is 2. The topological polar surface area (TPSA) is 27.7 Å². The van der Waals surface area contributed by atoms with Gasteiger partial charge in [-0.1, -0.05) is 34.6 Å². The average molecular weight is 509 g/mol. The minimum atomic E-state index is -1.79. The molecule has 0 amide bonds. The SMILES string of the molecule is CC(C)[C@@]12CO[C@@H]([CH-]O1)[C@@H]2O[Si](C)(C)C(C)(C)C.[U]. The third-order valence-corrected chi connectivity index (χ3v) is 9.36. The summed E-state index contributed by atoms with van der Waals surface area (Å²) in [6, 6.07) is 0. The van der Waals surface area contributed by atoms with Crippen LogP contribution in [0.25, 0.3) is 0 Å². The van der Waals surface area contributed by atoms with E-state index < -0.39 is 8.32 Å². The first-order valence-electron chi connectivity index (χ1n) is 6.91. The van der Waals surface area contributed by atoms with Gasteiger partial charge in [-0.05, 0) is 30.2 Å². The minimum Gasteiger partial charge on any atom is -0.541 e. The molecule has 3 nitrogen and oxygen atoms in total. The van der Waals surface area contributed by atoms with E-state index in [1.165, 1.54) is 0 Å². The molecule has 2 heterocycles. The van der Waals surface area contributed by atoms with Gasteiger partial charge >= 0.3 is 0 Å². The summed E-state index contributed by atoms with van der Waals surface area (Å²) in [6.45, 7) is 18.3. The maximum atomic E-state index is 6.57. The van der Waals surface area contributed by atoms with Crippen molar-refractivity contribution < 1.29 is 45.0 Å². The molecule has 0 spiro atoms. The van der Waals surface area contributed by atoms with Crippen LogP contribution in [0.15, 0.2) is 0 Å². The summed E-state index contributed by atoms with van der Waals surface area (Å²) in [6.07, 6.45) is 0.0833. The smallest absolute Gasteiger partial charge is 0.192 e. The number of hydrogen-bond donors (Lipinski definition) is 0. The first-order chi connectivity index (χ1) is 8.10. The molecule has 2 saturated heterocycles. The van der Waals surface area contributed by atoms with Gasteiger partial charge in [0.25, 0.3) is 0 Å². The Hall–Kier alpha value is 1.15. The van der Waals surface area contributed by atoms with Crippen LogP contribution < -0.4 is 0 Å². The summed E-state index contributed by atoms with van der Waals surface area (Å²) in [5.41, 5.74) is -0.264. The fourth-order valence-corrected chi connectivity index (χ4v) is 3.69. The number of ether oxygens (including phenoxy) is 2. The number of rotatable bonds is 3. The molecule has 0 aromatic rings. The van der Waals surface area contributed by atoms with E-state index >= 15 is 0 Å². The van der Waals surface area contributed by atoms with Crippen LogP contribution in [0.3, 0.4) is 0 Å². The molecule has 2 fully saturated rings. The van der Waals surface area contributed by atoms with Crippen LogP contribution >= 0.6 is 0 Å². The Kier molecular flexibility index (Phi) is 5.50. The van der Waals surface area contributed by atoms with Crippen molar-refractivity contribution in [2.75, 3.05) is 6.61 Å². The van der Waals surface area contributed by atoms with Crippen LogP contribution in [-0.4, -0.2) is 32.7 Å². The summed E-state index contributed by atoms with van der Waals surface area (Å²) in [7, 11) is -1.79. The van der Waals surface area contributed by atoms with Gasteiger partial charge in [0.1, 0.15) is 0 Å². The second-order valence-electron chi connectivity index (χ2n) is 7.44. The Morgan fingerprint density at radius 3 is 2.26 bits per heavy atom. The molecule has 0 N–H and O–H groups in total. The summed E-state index contributed by atoms with van der Waals surface area (Å²) < 4.78 is 18.3. The fourth-order valence-electron chi connectivity index (χ4n) is 2.37. The maximum Gasteiger partial charge on any atom is 0.192 e. The van der Waals surface area contributed by atoms with Crippen LogP contribution in [0.1, 0.15) is 34.6 Å². The molecule has 2 aliphatic heterocycles. The molecule has 0 unspecified atom stereocenters. The van der Waals surface area contributed by atoms with Crippen molar-refractivity contribution in [2.24, 2.45) is 5.92 Å². The Balaban J connectivity index is 0.00000180. The Labute approximate surface area is 142 Å². The monoisotopic (exact) mass is 509 g/mol. The molecular formula is C14H27O3SiU-. The van der Waals surface area contributed by atoms with E-state index in [0.29, 0.717) is 12.5 Å². The normalized spacial score (nSPS) is 34.7. The predicted octanol–water partition coefficient (Wildman–Crippen LogP) is 3.36. The van der Waals surface area contributed by atoms with Gasteiger partial charge in [0.15, 0.2) is 8.32 Å². The van der Waals surface area contributed by atoms with E-state index in [0.717, 1.165) is 0 Å². The third kappa shape index (κ3) is 3.02. The quantitative estimate of drug-likeness (QED) is 0.432. The van der Waals surface area contributed by atoms with Gasteiger partial charge in [-0.15, -0.1) is 0 Å². The van der Waals surface area contributed by atoms with Crippen molar-refractivity contribution in [3.05, 3.63) is 6.61 Å². The van der Waals surface area contributed by atoms with Crippen LogP contribution in [-0.2, 0) is 13.9 Å². The third-order valence-electron chi connectivity index (χ3n) is 4.91. The standard InChI is InChI=1S/C14H27O3Si.U/c1-10(2)14-9-15-11(8-16-14)12(14)17-18(6,7)13(3,4)5;/h8,10-12H,9H2,1-7H3;/q-1;/t11-,12-,14+;/m0./s1. The first-order valence-corrected chi connectivity index (χ1v) is 9.81.